The standard InChI is InChI=1S/C21H17ClN2O3/c1-13(10-15-6-4-3-5-7-15)11-17-19(25)23-21(27)24(20(17)26)16-9-8-14(2)18(22)12-16/h3-12H,1-2H3,(H,23,25,27)/b13-10+,17-11-. The Balaban J connectivity index is 1.97. The van der Waals surface area contributed by atoms with Crippen molar-refractivity contribution in [3.8, 4) is 0 Å². The minimum Gasteiger partial charge on any atom is -0.273 e. The molecule has 5 nitrogen and oxygen atoms in total. The van der Waals surface area contributed by atoms with Crippen LogP contribution in [0.2, 0.25) is 5.02 Å². The number of amides is 4. The van der Waals surface area contributed by atoms with Crippen molar-refractivity contribution in [1.82, 2.24) is 5.32 Å². The fourth-order valence-electron chi connectivity index (χ4n) is 2.69. The number of nitrogens with zero attached hydrogens (tertiary/aromatic N) is 1. The number of hydrogen-bond donors (Lipinski definition) is 1. The SMILES string of the molecule is CC(/C=C1/C(=O)NC(=O)N(c2ccc(C)c(Cl)c2)C1=O)=C\c1ccccc1. The summed E-state index contributed by atoms with van der Waals surface area (Å²) >= 11 is 6.11. The van der Waals surface area contributed by atoms with E-state index in [0.717, 1.165) is 16.0 Å². The summed E-state index contributed by atoms with van der Waals surface area (Å²) in [6, 6.07) is 13.6. The Labute approximate surface area is 161 Å². The largest absolute Gasteiger partial charge is 0.335 e. The first kappa shape index (κ1) is 18.6. The highest BCUT2D eigenvalue weighted by Gasteiger charge is 2.36. The Morgan fingerprint density at radius 1 is 1.07 bits per heavy atom. The van der Waals surface area contributed by atoms with E-state index >= 15 is 0 Å². The molecular weight excluding hydrogens is 364 g/mol. The highest BCUT2D eigenvalue weighted by molar-refractivity contribution is 6.38. The maximum atomic E-state index is 12.8. The van der Waals surface area contributed by atoms with Gasteiger partial charge in [-0.2, -0.15) is 0 Å². The van der Waals surface area contributed by atoms with Gasteiger partial charge in [0.25, 0.3) is 11.8 Å². The number of hydrogen-bond acceptors (Lipinski definition) is 3. The van der Waals surface area contributed by atoms with Crippen molar-refractivity contribution >= 4 is 41.2 Å². The van der Waals surface area contributed by atoms with E-state index in [0.29, 0.717) is 16.3 Å². The molecule has 2 aromatic carbocycles. The molecule has 1 N–H and O–H groups in total. The molecule has 0 saturated carbocycles. The number of urea groups is 1. The molecule has 1 aliphatic rings. The predicted molar refractivity (Wildman–Crippen MR) is 105 cm³/mol. The lowest BCUT2D eigenvalue weighted by Gasteiger charge is -2.26. The molecule has 4 amide bonds. The fourth-order valence-corrected chi connectivity index (χ4v) is 2.87. The molecule has 1 heterocycles. The maximum Gasteiger partial charge on any atom is 0.335 e. The fraction of sp³-hybridized carbons (Fsp3) is 0.0952. The first-order chi connectivity index (χ1) is 12.9. The Hall–Kier alpha value is -3.18. The number of benzene rings is 2. The van der Waals surface area contributed by atoms with Gasteiger partial charge in [0, 0.05) is 5.02 Å². The number of imide groups is 2. The van der Waals surface area contributed by atoms with Gasteiger partial charge in [0.1, 0.15) is 5.57 Å². The summed E-state index contributed by atoms with van der Waals surface area (Å²) in [5.41, 5.74) is 2.65. The zero-order chi connectivity index (χ0) is 19.6. The third-order valence-corrected chi connectivity index (χ3v) is 4.49. The van der Waals surface area contributed by atoms with Crippen LogP contribution in [0.4, 0.5) is 10.5 Å². The van der Waals surface area contributed by atoms with E-state index in [2.05, 4.69) is 5.32 Å². The molecule has 0 unspecified atom stereocenters. The maximum absolute atomic E-state index is 12.8. The van der Waals surface area contributed by atoms with Gasteiger partial charge >= 0.3 is 6.03 Å². The van der Waals surface area contributed by atoms with Gasteiger partial charge in [-0.25, -0.2) is 9.69 Å². The van der Waals surface area contributed by atoms with E-state index in [4.69, 9.17) is 11.6 Å². The van der Waals surface area contributed by atoms with Crippen molar-refractivity contribution in [3.63, 3.8) is 0 Å². The topological polar surface area (TPSA) is 66.5 Å². The van der Waals surface area contributed by atoms with Crippen LogP contribution in [0.25, 0.3) is 6.08 Å². The van der Waals surface area contributed by atoms with Crippen molar-refractivity contribution in [2.45, 2.75) is 13.8 Å². The summed E-state index contributed by atoms with van der Waals surface area (Å²) in [7, 11) is 0. The van der Waals surface area contributed by atoms with E-state index < -0.39 is 17.8 Å². The van der Waals surface area contributed by atoms with Crippen LogP contribution in [-0.4, -0.2) is 17.8 Å². The van der Waals surface area contributed by atoms with Crippen LogP contribution < -0.4 is 10.2 Å². The number of anilines is 1. The number of nitrogens with one attached hydrogen (secondary N) is 1. The second-order valence-electron chi connectivity index (χ2n) is 6.19. The first-order valence-electron chi connectivity index (χ1n) is 8.28. The molecule has 0 aromatic heterocycles. The van der Waals surface area contributed by atoms with Crippen LogP contribution in [-0.2, 0) is 9.59 Å². The van der Waals surface area contributed by atoms with Crippen molar-refractivity contribution in [2.75, 3.05) is 4.90 Å². The quantitative estimate of drug-likeness (QED) is 0.639. The Morgan fingerprint density at radius 2 is 1.78 bits per heavy atom. The van der Waals surface area contributed by atoms with E-state index in [9.17, 15) is 14.4 Å². The van der Waals surface area contributed by atoms with E-state index in [1.807, 2.05) is 43.3 Å². The minimum atomic E-state index is -0.799. The van der Waals surface area contributed by atoms with Crippen molar-refractivity contribution in [2.24, 2.45) is 0 Å². The van der Waals surface area contributed by atoms with E-state index in [1.165, 1.54) is 12.1 Å². The monoisotopic (exact) mass is 380 g/mol. The van der Waals surface area contributed by atoms with Crippen LogP contribution >= 0.6 is 11.6 Å². The van der Waals surface area contributed by atoms with Crippen molar-refractivity contribution < 1.29 is 14.4 Å². The molecule has 0 bridgehead atoms. The molecule has 0 radical (unpaired) electrons. The second kappa shape index (κ2) is 7.60. The van der Waals surface area contributed by atoms with E-state index in [-0.39, 0.29) is 5.57 Å². The number of rotatable bonds is 3. The molecule has 136 valence electrons. The van der Waals surface area contributed by atoms with Gasteiger partial charge in [-0.15, -0.1) is 0 Å². The summed E-state index contributed by atoms with van der Waals surface area (Å²) in [6.07, 6.45) is 3.32. The number of carbonyl (C=O) groups excluding carboxylic acids is 3. The van der Waals surface area contributed by atoms with Gasteiger partial charge < -0.3 is 0 Å². The summed E-state index contributed by atoms with van der Waals surface area (Å²) in [4.78, 5) is 38.2. The highest BCUT2D eigenvalue weighted by atomic mass is 35.5. The molecule has 2 aromatic rings. The lowest BCUT2D eigenvalue weighted by Crippen LogP contribution is -2.54. The normalized spacial score (nSPS) is 16.7. The van der Waals surface area contributed by atoms with Crippen LogP contribution in [0.15, 0.2) is 65.8 Å². The van der Waals surface area contributed by atoms with Gasteiger partial charge in [0.05, 0.1) is 5.69 Å². The summed E-state index contributed by atoms with van der Waals surface area (Å²) in [5.74, 6) is -1.41. The van der Waals surface area contributed by atoms with E-state index in [1.54, 1.807) is 19.1 Å². The average Bonchev–Trinajstić information content (AvgIpc) is 2.62. The Bertz CT molecular complexity index is 994. The molecule has 1 aliphatic heterocycles. The molecule has 0 spiro atoms. The molecule has 6 heteroatoms. The third-order valence-electron chi connectivity index (χ3n) is 4.08. The lowest BCUT2D eigenvalue weighted by molar-refractivity contribution is -0.122. The first-order valence-corrected chi connectivity index (χ1v) is 8.65. The molecule has 0 atom stereocenters. The Morgan fingerprint density at radius 3 is 2.44 bits per heavy atom. The third kappa shape index (κ3) is 3.99. The molecule has 1 saturated heterocycles. The van der Waals surface area contributed by atoms with Crippen molar-refractivity contribution in [1.29, 1.82) is 0 Å². The number of halogens is 1. The van der Waals surface area contributed by atoms with Crippen LogP contribution in [0.3, 0.4) is 0 Å². The smallest absolute Gasteiger partial charge is 0.273 e. The number of carbonyl (C=O) groups is 3. The number of barbiturate groups is 1. The van der Waals surface area contributed by atoms with Gasteiger partial charge in [-0.05, 0) is 48.8 Å². The van der Waals surface area contributed by atoms with Gasteiger partial charge in [0.2, 0.25) is 0 Å². The molecular formula is C21H17ClN2O3. The second-order valence-corrected chi connectivity index (χ2v) is 6.60. The average molecular weight is 381 g/mol. The van der Waals surface area contributed by atoms with Crippen LogP contribution in [0.1, 0.15) is 18.1 Å². The van der Waals surface area contributed by atoms with Crippen molar-refractivity contribution in [3.05, 3.63) is 81.9 Å². The van der Waals surface area contributed by atoms with Crippen LogP contribution in [0, 0.1) is 6.92 Å². The summed E-state index contributed by atoms with van der Waals surface area (Å²) in [5, 5.41) is 2.63. The summed E-state index contributed by atoms with van der Waals surface area (Å²) in [6.45, 7) is 3.60. The number of aryl methyl sites for hydroxylation is 1. The number of allylic oxidation sites excluding steroid dienone is 2. The Kier molecular flexibility index (Phi) is 5.23. The zero-order valence-electron chi connectivity index (χ0n) is 14.8. The van der Waals surface area contributed by atoms with Gasteiger partial charge in [-0.1, -0.05) is 54.1 Å². The highest BCUT2D eigenvalue weighted by Crippen LogP contribution is 2.26. The molecule has 27 heavy (non-hydrogen) atoms. The summed E-state index contributed by atoms with van der Waals surface area (Å²) < 4.78 is 0. The molecule has 3 rings (SSSR count). The molecule has 0 aliphatic carbocycles. The zero-order valence-corrected chi connectivity index (χ0v) is 15.6. The van der Waals surface area contributed by atoms with Gasteiger partial charge in [0.15, 0.2) is 0 Å². The lowest BCUT2D eigenvalue weighted by atomic mass is 10.1. The molecule has 1 fully saturated rings. The van der Waals surface area contributed by atoms with Crippen LogP contribution in [0.5, 0.6) is 0 Å². The van der Waals surface area contributed by atoms with Gasteiger partial charge in [-0.3, -0.25) is 14.9 Å². The predicted octanol–water partition coefficient (Wildman–Crippen LogP) is 4.26. The minimum absolute atomic E-state index is 0.115.